The molecule has 0 bridgehead atoms. The zero-order valence-electron chi connectivity index (χ0n) is 14.8. The lowest BCUT2D eigenvalue weighted by molar-refractivity contribution is 0.334. The van der Waals surface area contributed by atoms with E-state index in [1.54, 1.807) is 18.2 Å². The van der Waals surface area contributed by atoms with Gasteiger partial charge in [-0.15, -0.1) is 0 Å². The molecule has 2 aromatic rings. The van der Waals surface area contributed by atoms with E-state index in [2.05, 4.69) is 6.08 Å². The Morgan fingerprint density at radius 2 is 1.76 bits per heavy atom. The van der Waals surface area contributed by atoms with Crippen LogP contribution < -0.4 is 4.74 Å². The molecule has 0 radical (unpaired) electrons. The van der Waals surface area contributed by atoms with E-state index in [9.17, 15) is 15.3 Å². The average molecular weight is 340 g/mol. The fourth-order valence-corrected chi connectivity index (χ4v) is 2.44. The summed E-state index contributed by atoms with van der Waals surface area (Å²) in [6, 6.07) is 7.93. The topological polar surface area (TPSA) is 69.9 Å². The second-order valence-electron chi connectivity index (χ2n) is 6.01. The fraction of sp³-hybridized carbons (Fsp3) is 0.238. The number of rotatable bonds is 6. The maximum atomic E-state index is 10.00. The Hall–Kier alpha value is -2.88. The van der Waals surface area contributed by atoms with Crippen LogP contribution in [-0.4, -0.2) is 21.9 Å². The smallest absolute Gasteiger partial charge is 0.157 e. The van der Waals surface area contributed by atoms with Crippen LogP contribution in [0.25, 0.3) is 12.2 Å². The van der Waals surface area contributed by atoms with Gasteiger partial charge in [-0.1, -0.05) is 29.9 Å². The molecule has 4 heteroatoms. The van der Waals surface area contributed by atoms with E-state index < -0.39 is 0 Å². The van der Waals surface area contributed by atoms with Crippen LogP contribution in [0.4, 0.5) is 0 Å². The lowest BCUT2D eigenvalue weighted by Crippen LogP contribution is -1.98. The molecule has 0 spiro atoms. The van der Waals surface area contributed by atoms with Crippen molar-refractivity contribution in [2.75, 3.05) is 6.61 Å². The first-order chi connectivity index (χ1) is 11.9. The van der Waals surface area contributed by atoms with Crippen LogP contribution in [0.15, 0.2) is 42.0 Å². The SMILES string of the molecule is CCOc1cc(O)cc(/C=C/c2ccc(O)c(O)c2)c1CC=C(C)C. The Morgan fingerprint density at radius 3 is 2.40 bits per heavy atom. The molecular formula is C21H24O4. The van der Waals surface area contributed by atoms with Gasteiger partial charge in [0.05, 0.1) is 6.61 Å². The minimum atomic E-state index is -0.169. The molecule has 0 fully saturated rings. The number of benzene rings is 2. The fourth-order valence-electron chi connectivity index (χ4n) is 2.44. The Balaban J connectivity index is 2.44. The summed E-state index contributed by atoms with van der Waals surface area (Å²) in [5.74, 6) is 0.473. The lowest BCUT2D eigenvalue weighted by atomic mass is 10.00. The maximum absolute atomic E-state index is 10.00. The van der Waals surface area contributed by atoms with Crippen LogP contribution in [0.2, 0.25) is 0 Å². The molecule has 132 valence electrons. The average Bonchev–Trinajstić information content (AvgIpc) is 2.55. The molecule has 3 N–H and O–H groups in total. The van der Waals surface area contributed by atoms with E-state index in [0.717, 1.165) is 16.7 Å². The first-order valence-corrected chi connectivity index (χ1v) is 8.22. The number of ether oxygens (including phenoxy) is 1. The molecule has 0 aliphatic carbocycles. The third kappa shape index (κ3) is 5.05. The first-order valence-electron chi connectivity index (χ1n) is 8.22. The first kappa shape index (κ1) is 18.5. The summed E-state index contributed by atoms with van der Waals surface area (Å²) < 4.78 is 5.68. The van der Waals surface area contributed by atoms with Crippen molar-refractivity contribution in [3.8, 4) is 23.0 Å². The van der Waals surface area contributed by atoms with Gasteiger partial charge in [0.1, 0.15) is 11.5 Å². The minimum Gasteiger partial charge on any atom is -0.508 e. The summed E-state index contributed by atoms with van der Waals surface area (Å²) in [6.07, 6.45) is 6.48. The Kier molecular flexibility index (Phi) is 6.12. The molecule has 0 aliphatic rings. The number of phenolic OH excluding ortho intramolecular Hbond substituents is 3. The Labute approximate surface area is 148 Å². The number of aromatic hydroxyl groups is 3. The molecule has 2 aromatic carbocycles. The van der Waals surface area contributed by atoms with E-state index in [0.29, 0.717) is 18.8 Å². The Bertz CT molecular complexity index is 800. The van der Waals surface area contributed by atoms with E-state index in [-0.39, 0.29) is 17.2 Å². The van der Waals surface area contributed by atoms with Gasteiger partial charge in [0.15, 0.2) is 11.5 Å². The summed E-state index contributed by atoms with van der Waals surface area (Å²) in [4.78, 5) is 0. The summed E-state index contributed by atoms with van der Waals surface area (Å²) in [6.45, 7) is 6.49. The van der Waals surface area contributed by atoms with Crippen molar-refractivity contribution in [2.24, 2.45) is 0 Å². The molecule has 0 saturated heterocycles. The van der Waals surface area contributed by atoms with E-state index in [1.807, 2.05) is 32.9 Å². The highest BCUT2D eigenvalue weighted by Crippen LogP contribution is 2.31. The molecule has 0 aromatic heterocycles. The number of allylic oxidation sites excluding steroid dienone is 2. The second kappa shape index (κ2) is 8.29. The molecule has 0 aliphatic heterocycles. The predicted octanol–water partition coefficient (Wildman–Crippen LogP) is 4.88. The monoisotopic (exact) mass is 340 g/mol. The maximum Gasteiger partial charge on any atom is 0.157 e. The summed E-state index contributed by atoms with van der Waals surface area (Å²) in [5, 5.41) is 29.0. The third-order valence-electron chi connectivity index (χ3n) is 3.70. The molecule has 25 heavy (non-hydrogen) atoms. The molecule has 4 nitrogen and oxygen atoms in total. The van der Waals surface area contributed by atoms with E-state index >= 15 is 0 Å². The normalized spacial score (nSPS) is 10.8. The van der Waals surface area contributed by atoms with Gasteiger partial charge in [-0.05, 0) is 56.5 Å². The van der Waals surface area contributed by atoms with Gasteiger partial charge in [-0.25, -0.2) is 0 Å². The summed E-state index contributed by atoms with van der Waals surface area (Å²) >= 11 is 0. The number of hydrogen-bond acceptors (Lipinski definition) is 4. The number of phenols is 3. The third-order valence-corrected chi connectivity index (χ3v) is 3.70. The minimum absolute atomic E-state index is 0.137. The molecule has 0 amide bonds. The van der Waals surface area contributed by atoms with Crippen molar-refractivity contribution in [2.45, 2.75) is 27.2 Å². The molecular weight excluding hydrogens is 316 g/mol. The van der Waals surface area contributed by atoms with Crippen LogP contribution in [0.1, 0.15) is 37.5 Å². The molecule has 0 atom stereocenters. The van der Waals surface area contributed by atoms with Gasteiger partial charge < -0.3 is 20.1 Å². The molecule has 2 rings (SSSR count). The summed E-state index contributed by atoms with van der Waals surface area (Å²) in [7, 11) is 0. The van der Waals surface area contributed by atoms with Gasteiger partial charge in [-0.3, -0.25) is 0 Å². The van der Waals surface area contributed by atoms with E-state index in [4.69, 9.17) is 4.74 Å². The van der Waals surface area contributed by atoms with Crippen molar-refractivity contribution in [1.82, 2.24) is 0 Å². The zero-order valence-corrected chi connectivity index (χ0v) is 14.8. The van der Waals surface area contributed by atoms with Crippen LogP contribution in [0.3, 0.4) is 0 Å². The van der Waals surface area contributed by atoms with Crippen molar-refractivity contribution in [3.05, 3.63) is 58.7 Å². The van der Waals surface area contributed by atoms with Crippen LogP contribution in [0, 0.1) is 0 Å². The molecule has 0 heterocycles. The highest BCUT2D eigenvalue weighted by Gasteiger charge is 2.10. The largest absolute Gasteiger partial charge is 0.508 e. The standard InChI is InChI=1S/C21H24O4/c1-4-25-21-13-17(22)12-16(18(21)9-5-14(2)3)8-6-15-7-10-19(23)20(24)11-15/h5-8,10-13,22-24H,4,9H2,1-3H3/b8-6+. The van der Waals surface area contributed by atoms with Crippen LogP contribution in [-0.2, 0) is 6.42 Å². The summed E-state index contributed by atoms with van der Waals surface area (Å²) in [5.41, 5.74) is 3.77. The van der Waals surface area contributed by atoms with Gasteiger partial charge in [0, 0.05) is 11.6 Å². The number of hydrogen-bond donors (Lipinski definition) is 3. The lowest BCUT2D eigenvalue weighted by Gasteiger charge is -2.13. The zero-order chi connectivity index (χ0) is 18.4. The van der Waals surface area contributed by atoms with Gasteiger partial charge >= 0.3 is 0 Å². The highest BCUT2D eigenvalue weighted by atomic mass is 16.5. The van der Waals surface area contributed by atoms with E-state index in [1.165, 1.54) is 17.7 Å². The molecule has 0 saturated carbocycles. The predicted molar refractivity (Wildman–Crippen MR) is 101 cm³/mol. The van der Waals surface area contributed by atoms with Gasteiger partial charge in [0.2, 0.25) is 0 Å². The quantitative estimate of drug-likeness (QED) is 0.398. The van der Waals surface area contributed by atoms with Crippen molar-refractivity contribution in [1.29, 1.82) is 0 Å². The molecule has 0 unspecified atom stereocenters. The second-order valence-corrected chi connectivity index (χ2v) is 6.01. The van der Waals surface area contributed by atoms with Crippen LogP contribution in [0.5, 0.6) is 23.0 Å². The van der Waals surface area contributed by atoms with Crippen molar-refractivity contribution < 1.29 is 20.1 Å². The van der Waals surface area contributed by atoms with Gasteiger partial charge in [0.25, 0.3) is 0 Å². The highest BCUT2D eigenvalue weighted by molar-refractivity contribution is 5.74. The van der Waals surface area contributed by atoms with Crippen molar-refractivity contribution in [3.63, 3.8) is 0 Å². The Morgan fingerprint density at radius 1 is 1.00 bits per heavy atom. The van der Waals surface area contributed by atoms with Crippen molar-refractivity contribution >= 4 is 12.2 Å². The van der Waals surface area contributed by atoms with Gasteiger partial charge in [-0.2, -0.15) is 0 Å². The van der Waals surface area contributed by atoms with Crippen LogP contribution >= 0.6 is 0 Å².